The van der Waals surface area contributed by atoms with Gasteiger partial charge in [-0.25, -0.2) is 4.98 Å². The number of benzene rings is 1. The number of hydrogen-bond donors (Lipinski definition) is 1. The standard InChI is InChI=1S/C17H10F4N2O4S2/c18-12-5-8(10(24)6-13(25)27-7-17(19,20)21)15(29-12)23-14(26)16-22-9-3-1-2-4-11(9)28-16/h1-5H,6-7H2,(H,23,26). The van der Waals surface area contributed by atoms with Gasteiger partial charge in [-0.05, 0) is 18.2 Å². The highest BCUT2D eigenvalue weighted by molar-refractivity contribution is 7.20. The van der Waals surface area contributed by atoms with Crippen LogP contribution in [-0.4, -0.2) is 35.4 Å². The van der Waals surface area contributed by atoms with E-state index < -0.39 is 42.0 Å². The van der Waals surface area contributed by atoms with Crippen molar-refractivity contribution in [2.24, 2.45) is 0 Å². The monoisotopic (exact) mass is 446 g/mol. The van der Waals surface area contributed by atoms with Crippen LogP contribution in [0.2, 0.25) is 0 Å². The van der Waals surface area contributed by atoms with E-state index in [1.807, 2.05) is 0 Å². The van der Waals surface area contributed by atoms with Gasteiger partial charge in [-0.2, -0.15) is 17.6 Å². The van der Waals surface area contributed by atoms with Crippen molar-refractivity contribution in [3.8, 4) is 0 Å². The summed E-state index contributed by atoms with van der Waals surface area (Å²) in [6, 6.07) is 7.77. The lowest BCUT2D eigenvalue weighted by Gasteiger charge is -2.07. The van der Waals surface area contributed by atoms with Crippen molar-refractivity contribution >= 4 is 55.6 Å². The molecule has 29 heavy (non-hydrogen) atoms. The van der Waals surface area contributed by atoms with Gasteiger partial charge in [-0.15, -0.1) is 11.3 Å². The minimum Gasteiger partial charge on any atom is -0.456 e. The molecule has 3 rings (SSSR count). The number of carbonyl (C=O) groups excluding carboxylic acids is 3. The second-order valence-corrected chi connectivity index (χ2v) is 7.64. The van der Waals surface area contributed by atoms with E-state index in [-0.39, 0.29) is 15.6 Å². The van der Waals surface area contributed by atoms with Crippen molar-refractivity contribution in [2.45, 2.75) is 12.6 Å². The summed E-state index contributed by atoms with van der Waals surface area (Å²) in [4.78, 5) is 40.1. The number of thiophene rings is 1. The van der Waals surface area contributed by atoms with Gasteiger partial charge in [0, 0.05) is 0 Å². The third-order valence-electron chi connectivity index (χ3n) is 3.42. The number of ether oxygens (including phenoxy) is 1. The molecule has 0 unspecified atom stereocenters. The molecule has 1 amide bonds. The molecular formula is C17H10F4N2O4S2. The lowest BCUT2D eigenvalue weighted by Crippen LogP contribution is -2.22. The second kappa shape index (κ2) is 8.25. The van der Waals surface area contributed by atoms with Gasteiger partial charge < -0.3 is 10.1 Å². The summed E-state index contributed by atoms with van der Waals surface area (Å²) < 4.78 is 54.5. The zero-order valence-electron chi connectivity index (χ0n) is 14.2. The number of para-hydroxylation sites is 1. The number of aromatic nitrogens is 1. The number of rotatable bonds is 6. The number of carbonyl (C=O) groups is 3. The Hall–Kier alpha value is -2.86. The molecule has 2 aromatic heterocycles. The van der Waals surface area contributed by atoms with Crippen LogP contribution in [0, 0.1) is 5.13 Å². The third-order valence-corrected chi connectivity index (χ3v) is 5.29. The van der Waals surface area contributed by atoms with Crippen LogP contribution in [0.5, 0.6) is 0 Å². The summed E-state index contributed by atoms with van der Waals surface area (Å²) in [6.07, 6.45) is -5.76. The van der Waals surface area contributed by atoms with E-state index in [0.29, 0.717) is 16.9 Å². The molecule has 0 aliphatic rings. The van der Waals surface area contributed by atoms with E-state index in [1.54, 1.807) is 24.3 Å². The van der Waals surface area contributed by atoms with Gasteiger partial charge in [0.1, 0.15) is 11.4 Å². The predicted molar refractivity (Wildman–Crippen MR) is 97.8 cm³/mol. The molecule has 0 atom stereocenters. The fourth-order valence-corrected chi connectivity index (χ4v) is 3.89. The molecule has 0 saturated carbocycles. The van der Waals surface area contributed by atoms with E-state index >= 15 is 0 Å². The summed E-state index contributed by atoms with van der Waals surface area (Å²) in [6.45, 7) is -1.84. The molecule has 152 valence electrons. The van der Waals surface area contributed by atoms with Gasteiger partial charge in [-0.3, -0.25) is 14.4 Å². The van der Waals surface area contributed by atoms with Crippen LogP contribution >= 0.6 is 22.7 Å². The van der Waals surface area contributed by atoms with Crippen molar-refractivity contribution in [1.82, 2.24) is 4.98 Å². The molecule has 0 saturated heterocycles. The molecule has 3 aromatic rings. The van der Waals surface area contributed by atoms with Crippen molar-refractivity contribution in [3.63, 3.8) is 0 Å². The smallest absolute Gasteiger partial charge is 0.422 e. The topological polar surface area (TPSA) is 85.4 Å². The van der Waals surface area contributed by atoms with Crippen molar-refractivity contribution < 1.29 is 36.7 Å². The lowest BCUT2D eigenvalue weighted by atomic mass is 10.1. The van der Waals surface area contributed by atoms with E-state index in [9.17, 15) is 31.9 Å². The minimum atomic E-state index is -4.73. The van der Waals surface area contributed by atoms with Crippen LogP contribution in [0.4, 0.5) is 22.6 Å². The number of Topliss-reactive ketones (excluding diaryl/α,β-unsaturated/α-hetero) is 1. The molecule has 1 aromatic carbocycles. The maximum atomic E-state index is 13.6. The highest BCUT2D eigenvalue weighted by atomic mass is 32.1. The molecule has 2 heterocycles. The first kappa shape index (κ1) is 20.9. The first-order valence-electron chi connectivity index (χ1n) is 7.84. The molecule has 0 bridgehead atoms. The van der Waals surface area contributed by atoms with E-state index in [1.165, 1.54) is 0 Å². The maximum absolute atomic E-state index is 13.6. The first-order chi connectivity index (χ1) is 13.6. The Morgan fingerprint density at radius 3 is 2.55 bits per heavy atom. The van der Waals surface area contributed by atoms with Crippen LogP contribution in [0.1, 0.15) is 26.6 Å². The van der Waals surface area contributed by atoms with Crippen molar-refractivity contribution in [3.05, 3.63) is 46.0 Å². The van der Waals surface area contributed by atoms with Crippen LogP contribution in [0.25, 0.3) is 10.2 Å². The molecular weight excluding hydrogens is 436 g/mol. The van der Waals surface area contributed by atoms with Gasteiger partial charge in [0.25, 0.3) is 5.91 Å². The summed E-state index contributed by atoms with van der Waals surface area (Å²) in [5, 5.41) is 1.42. The fourth-order valence-electron chi connectivity index (χ4n) is 2.23. The van der Waals surface area contributed by atoms with Crippen molar-refractivity contribution in [2.75, 3.05) is 11.9 Å². The Balaban J connectivity index is 1.71. The largest absolute Gasteiger partial charge is 0.456 e. The Kier molecular flexibility index (Phi) is 5.94. The number of alkyl halides is 3. The zero-order valence-corrected chi connectivity index (χ0v) is 15.8. The maximum Gasteiger partial charge on any atom is 0.422 e. The molecule has 1 N–H and O–H groups in total. The van der Waals surface area contributed by atoms with Crippen molar-refractivity contribution in [1.29, 1.82) is 0 Å². The summed E-state index contributed by atoms with van der Waals surface area (Å²) in [5.74, 6) is -3.10. The molecule has 0 aliphatic heterocycles. The van der Waals surface area contributed by atoms with Crippen LogP contribution < -0.4 is 5.32 Å². The average molecular weight is 446 g/mol. The number of anilines is 1. The summed E-state index contributed by atoms with van der Waals surface area (Å²) in [7, 11) is 0. The van der Waals surface area contributed by atoms with Crippen LogP contribution in [0.3, 0.4) is 0 Å². The number of thiazole rings is 1. The number of nitrogens with one attached hydrogen (secondary N) is 1. The van der Waals surface area contributed by atoms with Gasteiger partial charge in [-0.1, -0.05) is 23.5 Å². The SMILES string of the molecule is O=C(CC(=O)c1cc(F)sc1NC(=O)c1nc2ccccc2s1)OCC(F)(F)F. The predicted octanol–water partition coefficient (Wildman–Crippen LogP) is 4.43. The average Bonchev–Trinajstić information content (AvgIpc) is 3.22. The fraction of sp³-hybridized carbons (Fsp3) is 0.176. The summed E-state index contributed by atoms with van der Waals surface area (Å²) in [5.41, 5.74) is 0.245. The second-order valence-electron chi connectivity index (χ2n) is 5.61. The molecule has 12 heteroatoms. The Bertz CT molecular complexity index is 1060. The van der Waals surface area contributed by atoms with Gasteiger partial charge in [0.2, 0.25) is 0 Å². The number of amides is 1. The first-order valence-corrected chi connectivity index (χ1v) is 9.47. The zero-order chi connectivity index (χ0) is 21.2. The highest BCUT2D eigenvalue weighted by Gasteiger charge is 2.30. The van der Waals surface area contributed by atoms with E-state index in [2.05, 4.69) is 15.0 Å². The normalized spacial score (nSPS) is 11.4. The van der Waals surface area contributed by atoms with Gasteiger partial charge in [0.15, 0.2) is 22.5 Å². The number of nitrogens with zero attached hydrogens (tertiary/aromatic N) is 1. The molecule has 0 aliphatic carbocycles. The lowest BCUT2D eigenvalue weighted by molar-refractivity contribution is -0.185. The molecule has 0 radical (unpaired) electrons. The Labute approximate surface area is 168 Å². The number of fused-ring (bicyclic) bond motifs is 1. The number of ketones is 1. The van der Waals surface area contributed by atoms with Gasteiger partial charge >= 0.3 is 12.1 Å². The molecule has 0 fully saturated rings. The molecule has 0 spiro atoms. The third kappa shape index (κ3) is 5.35. The number of hydrogen-bond acceptors (Lipinski definition) is 7. The van der Waals surface area contributed by atoms with Crippen LogP contribution in [-0.2, 0) is 9.53 Å². The Morgan fingerprint density at radius 1 is 1.14 bits per heavy atom. The van der Waals surface area contributed by atoms with Crippen LogP contribution in [0.15, 0.2) is 30.3 Å². The quantitative estimate of drug-likeness (QED) is 0.262. The number of halogens is 4. The summed E-state index contributed by atoms with van der Waals surface area (Å²) >= 11 is 1.53. The number of esters is 1. The highest BCUT2D eigenvalue weighted by Crippen LogP contribution is 2.30. The van der Waals surface area contributed by atoms with E-state index in [4.69, 9.17) is 0 Å². The van der Waals surface area contributed by atoms with Gasteiger partial charge in [0.05, 0.1) is 15.8 Å². The molecule has 6 nitrogen and oxygen atoms in total. The minimum absolute atomic E-state index is 0.0722. The Morgan fingerprint density at radius 2 is 1.86 bits per heavy atom. The van der Waals surface area contributed by atoms with E-state index in [0.717, 1.165) is 22.1 Å².